The standard InChI is InChI=1S/C19H26N4O2/c1-14(2)6-10-22-11-8-16(3-4-18(22)24)21-19(25)15-7-12-23-17(13-15)5-9-20-23/h5,7,9,12-14,16H,3-4,6,8,10-11H2,1-2H3,(H,21,25). The van der Waals surface area contributed by atoms with Crippen molar-refractivity contribution in [2.24, 2.45) is 5.92 Å². The molecule has 1 N–H and O–H groups in total. The fourth-order valence-electron chi connectivity index (χ4n) is 3.16. The van der Waals surface area contributed by atoms with Gasteiger partial charge >= 0.3 is 0 Å². The van der Waals surface area contributed by atoms with Crippen LogP contribution in [0.15, 0.2) is 30.6 Å². The lowest BCUT2D eigenvalue weighted by Gasteiger charge is -2.22. The fraction of sp³-hybridized carbons (Fsp3) is 0.526. The number of fused-ring (bicyclic) bond motifs is 1. The van der Waals surface area contributed by atoms with Gasteiger partial charge in [0.25, 0.3) is 5.91 Å². The van der Waals surface area contributed by atoms with E-state index in [0.29, 0.717) is 24.3 Å². The lowest BCUT2D eigenvalue weighted by atomic mass is 10.1. The maximum atomic E-state index is 12.5. The van der Waals surface area contributed by atoms with Gasteiger partial charge in [0.05, 0.1) is 5.52 Å². The van der Waals surface area contributed by atoms with Crippen molar-refractivity contribution >= 4 is 17.3 Å². The first-order valence-corrected chi connectivity index (χ1v) is 9.05. The van der Waals surface area contributed by atoms with Crippen LogP contribution in [0, 0.1) is 5.92 Å². The number of nitrogens with one attached hydrogen (secondary N) is 1. The minimum Gasteiger partial charge on any atom is -0.349 e. The number of hydrogen-bond acceptors (Lipinski definition) is 3. The molecule has 1 aliphatic heterocycles. The summed E-state index contributed by atoms with van der Waals surface area (Å²) in [4.78, 5) is 26.7. The Kier molecular flexibility index (Phi) is 5.36. The normalized spacial score (nSPS) is 18.6. The third-order valence-electron chi connectivity index (χ3n) is 4.78. The van der Waals surface area contributed by atoms with Crippen LogP contribution >= 0.6 is 0 Å². The Morgan fingerprint density at radius 1 is 1.36 bits per heavy atom. The molecule has 3 rings (SSSR count). The summed E-state index contributed by atoms with van der Waals surface area (Å²) in [5, 5.41) is 7.23. The van der Waals surface area contributed by atoms with Crippen molar-refractivity contribution in [2.45, 2.75) is 45.6 Å². The van der Waals surface area contributed by atoms with Gasteiger partial charge in [-0.3, -0.25) is 9.59 Å². The molecule has 0 aliphatic carbocycles. The van der Waals surface area contributed by atoms with Crippen LogP contribution < -0.4 is 5.32 Å². The quantitative estimate of drug-likeness (QED) is 0.908. The monoisotopic (exact) mass is 342 g/mol. The molecule has 25 heavy (non-hydrogen) atoms. The van der Waals surface area contributed by atoms with Crippen molar-refractivity contribution in [1.29, 1.82) is 0 Å². The van der Waals surface area contributed by atoms with Gasteiger partial charge in [-0.05, 0) is 43.4 Å². The second-order valence-corrected chi connectivity index (χ2v) is 7.18. The van der Waals surface area contributed by atoms with E-state index >= 15 is 0 Å². The van der Waals surface area contributed by atoms with E-state index < -0.39 is 0 Å². The lowest BCUT2D eigenvalue weighted by molar-refractivity contribution is -0.130. The SMILES string of the molecule is CC(C)CCN1CCC(NC(=O)c2ccn3nccc3c2)CCC1=O. The number of amides is 2. The predicted molar refractivity (Wildman–Crippen MR) is 96.3 cm³/mol. The molecule has 0 radical (unpaired) electrons. The highest BCUT2D eigenvalue weighted by Gasteiger charge is 2.23. The van der Waals surface area contributed by atoms with E-state index in [4.69, 9.17) is 0 Å². The molecule has 6 nitrogen and oxygen atoms in total. The zero-order chi connectivity index (χ0) is 17.8. The lowest BCUT2D eigenvalue weighted by Crippen LogP contribution is -2.36. The van der Waals surface area contributed by atoms with E-state index in [9.17, 15) is 9.59 Å². The molecular weight excluding hydrogens is 316 g/mol. The number of pyridine rings is 1. The highest BCUT2D eigenvalue weighted by Crippen LogP contribution is 2.15. The molecule has 2 aromatic rings. The van der Waals surface area contributed by atoms with Gasteiger partial charge < -0.3 is 10.2 Å². The van der Waals surface area contributed by atoms with Crippen LogP contribution in [0.4, 0.5) is 0 Å². The minimum atomic E-state index is -0.0863. The largest absolute Gasteiger partial charge is 0.349 e. The van der Waals surface area contributed by atoms with E-state index in [1.54, 1.807) is 23.0 Å². The molecule has 0 saturated carbocycles. The Morgan fingerprint density at radius 2 is 2.20 bits per heavy atom. The summed E-state index contributed by atoms with van der Waals surface area (Å²) in [6.07, 6.45) is 6.54. The van der Waals surface area contributed by atoms with Gasteiger partial charge in [0.1, 0.15) is 0 Å². The van der Waals surface area contributed by atoms with Gasteiger partial charge in [0.15, 0.2) is 0 Å². The predicted octanol–water partition coefficient (Wildman–Crippen LogP) is 2.49. The highest BCUT2D eigenvalue weighted by atomic mass is 16.2. The van der Waals surface area contributed by atoms with Crippen LogP contribution in [-0.4, -0.2) is 45.5 Å². The summed E-state index contributed by atoms with van der Waals surface area (Å²) in [5.74, 6) is 0.708. The average Bonchev–Trinajstić information content (AvgIpc) is 2.99. The molecule has 3 heterocycles. The van der Waals surface area contributed by atoms with E-state index in [2.05, 4.69) is 24.3 Å². The minimum absolute atomic E-state index is 0.0432. The number of carbonyl (C=O) groups is 2. The first-order chi connectivity index (χ1) is 12.0. The number of carbonyl (C=O) groups excluding carboxylic acids is 2. The fourth-order valence-corrected chi connectivity index (χ4v) is 3.16. The highest BCUT2D eigenvalue weighted by molar-refractivity contribution is 5.95. The summed E-state index contributed by atoms with van der Waals surface area (Å²) in [5.41, 5.74) is 1.52. The maximum absolute atomic E-state index is 12.5. The van der Waals surface area contributed by atoms with Gasteiger partial charge in [-0.2, -0.15) is 5.10 Å². The van der Waals surface area contributed by atoms with E-state index in [0.717, 1.165) is 31.4 Å². The topological polar surface area (TPSA) is 66.7 Å². The van der Waals surface area contributed by atoms with Crippen molar-refractivity contribution in [3.8, 4) is 0 Å². The number of aromatic nitrogens is 2. The van der Waals surface area contributed by atoms with E-state index in [1.807, 2.05) is 17.0 Å². The zero-order valence-electron chi connectivity index (χ0n) is 14.9. The summed E-state index contributed by atoms with van der Waals surface area (Å²) in [6.45, 7) is 5.87. The molecule has 134 valence electrons. The van der Waals surface area contributed by atoms with E-state index in [-0.39, 0.29) is 17.9 Å². The second kappa shape index (κ2) is 7.68. The zero-order valence-corrected chi connectivity index (χ0v) is 14.9. The van der Waals surface area contributed by atoms with Crippen LogP contribution in [-0.2, 0) is 4.79 Å². The van der Waals surface area contributed by atoms with Crippen molar-refractivity contribution in [3.05, 3.63) is 36.2 Å². The van der Waals surface area contributed by atoms with Crippen LogP contribution in [0.1, 0.15) is 49.9 Å². The molecule has 1 aliphatic rings. The third-order valence-corrected chi connectivity index (χ3v) is 4.78. The Hall–Kier alpha value is -2.37. The van der Waals surface area contributed by atoms with Crippen molar-refractivity contribution in [1.82, 2.24) is 19.8 Å². The molecule has 0 bridgehead atoms. The summed E-state index contributed by atoms with van der Waals surface area (Å²) in [7, 11) is 0. The van der Waals surface area contributed by atoms with Gasteiger partial charge in [-0.1, -0.05) is 13.8 Å². The molecule has 1 saturated heterocycles. The Labute approximate surface area is 148 Å². The summed E-state index contributed by atoms with van der Waals surface area (Å²) in [6, 6.07) is 5.51. The Balaban J connectivity index is 1.59. The number of nitrogens with zero attached hydrogens (tertiary/aromatic N) is 3. The number of likely N-dealkylation sites (tertiary alicyclic amines) is 1. The van der Waals surface area contributed by atoms with Gasteiger partial charge in [0.2, 0.25) is 5.91 Å². The average molecular weight is 342 g/mol. The smallest absolute Gasteiger partial charge is 0.251 e. The van der Waals surface area contributed by atoms with Crippen LogP contribution in [0.25, 0.3) is 5.52 Å². The number of hydrogen-bond donors (Lipinski definition) is 1. The molecule has 2 amide bonds. The molecule has 1 fully saturated rings. The molecule has 2 aromatic heterocycles. The van der Waals surface area contributed by atoms with Crippen LogP contribution in [0.2, 0.25) is 0 Å². The van der Waals surface area contributed by atoms with Gasteiger partial charge in [0, 0.05) is 43.5 Å². The molecular formula is C19H26N4O2. The van der Waals surface area contributed by atoms with Gasteiger partial charge in [-0.15, -0.1) is 0 Å². The molecule has 0 spiro atoms. The van der Waals surface area contributed by atoms with Crippen molar-refractivity contribution in [2.75, 3.05) is 13.1 Å². The molecule has 6 heteroatoms. The van der Waals surface area contributed by atoms with Crippen LogP contribution in [0.5, 0.6) is 0 Å². The van der Waals surface area contributed by atoms with E-state index in [1.165, 1.54) is 0 Å². The maximum Gasteiger partial charge on any atom is 0.251 e. The van der Waals surface area contributed by atoms with Crippen molar-refractivity contribution < 1.29 is 9.59 Å². The number of rotatable bonds is 5. The van der Waals surface area contributed by atoms with Gasteiger partial charge in [-0.25, -0.2) is 4.52 Å². The first kappa shape index (κ1) is 17.5. The first-order valence-electron chi connectivity index (χ1n) is 9.05. The van der Waals surface area contributed by atoms with Crippen molar-refractivity contribution in [3.63, 3.8) is 0 Å². The molecule has 0 aromatic carbocycles. The summed E-state index contributed by atoms with van der Waals surface area (Å²) >= 11 is 0. The Bertz CT molecular complexity index is 753. The molecule has 1 unspecified atom stereocenters. The second-order valence-electron chi connectivity index (χ2n) is 7.18. The Morgan fingerprint density at radius 3 is 3.00 bits per heavy atom. The van der Waals surface area contributed by atoms with Crippen LogP contribution in [0.3, 0.4) is 0 Å². The molecule has 1 atom stereocenters. The third kappa shape index (κ3) is 4.38. The summed E-state index contributed by atoms with van der Waals surface area (Å²) < 4.78 is 1.73.